The van der Waals surface area contributed by atoms with E-state index in [1.165, 1.54) is 0 Å². The molecule has 2 amide bonds. The van der Waals surface area contributed by atoms with Crippen molar-refractivity contribution in [3.05, 3.63) is 11.6 Å². The van der Waals surface area contributed by atoms with E-state index in [0.717, 1.165) is 0 Å². The third-order valence-corrected chi connectivity index (χ3v) is 3.14. The van der Waals surface area contributed by atoms with Crippen LogP contribution in [0.4, 0.5) is 0 Å². The molecule has 1 fully saturated rings. The second kappa shape index (κ2) is 3.83. The molecule has 1 aliphatic rings. The van der Waals surface area contributed by atoms with Gasteiger partial charge in [-0.25, -0.2) is 4.98 Å². The van der Waals surface area contributed by atoms with Crippen LogP contribution in [-0.4, -0.2) is 45.0 Å². The van der Waals surface area contributed by atoms with Gasteiger partial charge in [-0.15, -0.1) is 5.10 Å². The highest BCUT2D eigenvalue weighted by atomic mass is 16.2. The van der Waals surface area contributed by atoms with E-state index in [4.69, 9.17) is 5.73 Å². The summed E-state index contributed by atoms with van der Waals surface area (Å²) in [5, 5.41) is 6.43. The number of nitrogens with one attached hydrogen (secondary N) is 1. The van der Waals surface area contributed by atoms with E-state index in [9.17, 15) is 9.59 Å². The standard InChI is InChI=1S/C10H15N5O2/c1-6-12-7(14-13-6)8(16)15-4-3-10(2,5-15)9(11)17/h3-5H2,1-2H3,(H2,11,17)(H,12,13,14). The monoisotopic (exact) mass is 237 g/mol. The van der Waals surface area contributed by atoms with Crippen LogP contribution < -0.4 is 5.73 Å². The Morgan fingerprint density at radius 1 is 1.53 bits per heavy atom. The molecule has 1 saturated heterocycles. The van der Waals surface area contributed by atoms with Crippen molar-refractivity contribution in [2.24, 2.45) is 11.1 Å². The number of carbonyl (C=O) groups is 2. The number of hydrogen-bond donors (Lipinski definition) is 2. The topological polar surface area (TPSA) is 105 Å². The number of likely N-dealkylation sites (tertiary alicyclic amines) is 1. The van der Waals surface area contributed by atoms with Crippen molar-refractivity contribution in [1.82, 2.24) is 20.1 Å². The van der Waals surface area contributed by atoms with Crippen LogP contribution in [0.25, 0.3) is 0 Å². The average molecular weight is 237 g/mol. The van der Waals surface area contributed by atoms with Crippen LogP contribution in [0, 0.1) is 12.3 Å². The number of aromatic amines is 1. The lowest BCUT2D eigenvalue weighted by molar-refractivity contribution is -0.126. The molecule has 1 aliphatic heterocycles. The minimum absolute atomic E-state index is 0.135. The smallest absolute Gasteiger partial charge is 0.293 e. The van der Waals surface area contributed by atoms with Crippen LogP contribution in [0.1, 0.15) is 29.8 Å². The summed E-state index contributed by atoms with van der Waals surface area (Å²) in [5.74, 6) is 0.0831. The van der Waals surface area contributed by atoms with Crippen molar-refractivity contribution < 1.29 is 9.59 Å². The second-order valence-electron chi connectivity index (χ2n) is 4.65. The van der Waals surface area contributed by atoms with Crippen LogP contribution in [-0.2, 0) is 4.79 Å². The molecule has 0 spiro atoms. The Bertz CT molecular complexity index is 469. The summed E-state index contributed by atoms with van der Waals surface area (Å²) in [7, 11) is 0. The third-order valence-electron chi connectivity index (χ3n) is 3.14. The van der Waals surface area contributed by atoms with E-state index in [1.807, 2.05) is 0 Å². The van der Waals surface area contributed by atoms with Gasteiger partial charge in [0.2, 0.25) is 11.7 Å². The Hall–Kier alpha value is -1.92. The van der Waals surface area contributed by atoms with Crippen LogP contribution in [0.15, 0.2) is 0 Å². The SMILES string of the molecule is Cc1nc(C(=O)N2CCC(C)(C(N)=O)C2)n[nH]1. The quantitative estimate of drug-likeness (QED) is 0.720. The van der Waals surface area contributed by atoms with Crippen LogP contribution in [0.3, 0.4) is 0 Å². The van der Waals surface area contributed by atoms with E-state index in [-0.39, 0.29) is 17.6 Å². The lowest BCUT2D eigenvalue weighted by Crippen LogP contribution is -2.38. The molecule has 0 aliphatic carbocycles. The molecular formula is C10H15N5O2. The van der Waals surface area contributed by atoms with Gasteiger partial charge in [0.25, 0.3) is 5.91 Å². The van der Waals surface area contributed by atoms with E-state index >= 15 is 0 Å². The lowest BCUT2D eigenvalue weighted by atomic mass is 9.89. The molecule has 0 aromatic carbocycles. The summed E-state index contributed by atoms with van der Waals surface area (Å²) >= 11 is 0. The van der Waals surface area contributed by atoms with Crippen LogP contribution in [0.5, 0.6) is 0 Å². The van der Waals surface area contributed by atoms with E-state index < -0.39 is 5.41 Å². The molecular weight excluding hydrogens is 222 g/mol. The Labute approximate surface area is 98.4 Å². The molecule has 7 nitrogen and oxygen atoms in total. The number of hydrogen-bond acceptors (Lipinski definition) is 4. The molecule has 17 heavy (non-hydrogen) atoms. The maximum Gasteiger partial charge on any atom is 0.293 e. The van der Waals surface area contributed by atoms with Crippen molar-refractivity contribution in [1.29, 1.82) is 0 Å². The van der Waals surface area contributed by atoms with Gasteiger partial charge in [0.15, 0.2) is 0 Å². The summed E-state index contributed by atoms with van der Waals surface area (Å²) in [6.07, 6.45) is 0.581. The second-order valence-corrected chi connectivity index (χ2v) is 4.65. The predicted molar refractivity (Wildman–Crippen MR) is 58.9 cm³/mol. The summed E-state index contributed by atoms with van der Waals surface area (Å²) in [6, 6.07) is 0. The zero-order valence-electron chi connectivity index (χ0n) is 9.86. The van der Waals surface area contributed by atoms with Gasteiger partial charge in [0.1, 0.15) is 5.82 Å². The lowest BCUT2D eigenvalue weighted by Gasteiger charge is -2.20. The molecule has 1 aromatic heterocycles. The molecule has 0 radical (unpaired) electrons. The fourth-order valence-corrected chi connectivity index (χ4v) is 1.92. The number of nitrogens with two attached hydrogens (primary N) is 1. The Morgan fingerprint density at radius 3 is 2.71 bits per heavy atom. The van der Waals surface area contributed by atoms with Gasteiger partial charge < -0.3 is 10.6 Å². The zero-order chi connectivity index (χ0) is 12.6. The highest BCUT2D eigenvalue weighted by molar-refractivity contribution is 5.92. The average Bonchev–Trinajstić information content (AvgIpc) is 2.85. The van der Waals surface area contributed by atoms with Crippen molar-refractivity contribution in [2.45, 2.75) is 20.3 Å². The zero-order valence-corrected chi connectivity index (χ0v) is 9.86. The molecule has 1 atom stereocenters. The van der Waals surface area contributed by atoms with Gasteiger partial charge in [-0.3, -0.25) is 14.7 Å². The highest BCUT2D eigenvalue weighted by Gasteiger charge is 2.41. The van der Waals surface area contributed by atoms with Gasteiger partial charge in [-0.2, -0.15) is 0 Å². The number of aryl methyl sites for hydroxylation is 1. The molecule has 92 valence electrons. The van der Waals surface area contributed by atoms with Gasteiger partial charge in [0.05, 0.1) is 5.41 Å². The maximum atomic E-state index is 12.0. The summed E-state index contributed by atoms with van der Waals surface area (Å²) in [5.41, 5.74) is 4.68. The molecule has 2 heterocycles. The number of carbonyl (C=O) groups excluding carboxylic acids is 2. The third kappa shape index (κ3) is 2.00. The number of nitrogens with zero attached hydrogens (tertiary/aromatic N) is 3. The minimum Gasteiger partial charge on any atom is -0.369 e. The number of H-pyrrole nitrogens is 1. The van der Waals surface area contributed by atoms with Crippen molar-refractivity contribution in [2.75, 3.05) is 13.1 Å². The number of amides is 2. The normalized spacial score (nSPS) is 24.0. The predicted octanol–water partition coefficient (Wildman–Crippen LogP) is -0.549. The molecule has 3 N–H and O–H groups in total. The van der Waals surface area contributed by atoms with Gasteiger partial charge >= 0.3 is 0 Å². The molecule has 1 aromatic rings. The van der Waals surface area contributed by atoms with E-state index in [0.29, 0.717) is 25.3 Å². The molecule has 1 unspecified atom stereocenters. The molecule has 7 heteroatoms. The fourth-order valence-electron chi connectivity index (χ4n) is 1.92. The number of rotatable bonds is 2. The minimum atomic E-state index is -0.638. The summed E-state index contributed by atoms with van der Waals surface area (Å²) in [6.45, 7) is 4.33. The molecule has 2 rings (SSSR count). The maximum absolute atomic E-state index is 12.0. The molecule has 0 bridgehead atoms. The Morgan fingerprint density at radius 2 is 2.24 bits per heavy atom. The van der Waals surface area contributed by atoms with Crippen LogP contribution >= 0.6 is 0 Å². The fraction of sp³-hybridized carbons (Fsp3) is 0.600. The highest BCUT2D eigenvalue weighted by Crippen LogP contribution is 2.29. The first kappa shape index (κ1) is 11.6. The first-order chi connectivity index (χ1) is 7.92. The first-order valence-corrected chi connectivity index (χ1v) is 5.40. The Balaban J connectivity index is 2.11. The van der Waals surface area contributed by atoms with Crippen molar-refractivity contribution in [3.8, 4) is 0 Å². The first-order valence-electron chi connectivity index (χ1n) is 5.40. The largest absolute Gasteiger partial charge is 0.369 e. The van der Waals surface area contributed by atoms with Crippen molar-refractivity contribution in [3.63, 3.8) is 0 Å². The van der Waals surface area contributed by atoms with Gasteiger partial charge in [-0.1, -0.05) is 0 Å². The van der Waals surface area contributed by atoms with Gasteiger partial charge in [-0.05, 0) is 20.3 Å². The van der Waals surface area contributed by atoms with Crippen molar-refractivity contribution >= 4 is 11.8 Å². The summed E-state index contributed by atoms with van der Waals surface area (Å²) in [4.78, 5) is 28.8. The molecule has 0 saturated carbocycles. The van der Waals surface area contributed by atoms with Crippen LogP contribution in [0.2, 0.25) is 0 Å². The van der Waals surface area contributed by atoms with Gasteiger partial charge in [0, 0.05) is 13.1 Å². The van der Waals surface area contributed by atoms with E-state index in [2.05, 4.69) is 15.2 Å². The Kier molecular flexibility index (Phi) is 2.60. The number of aromatic nitrogens is 3. The summed E-state index contributed by atoms with van der Waals surface area (Å²) < 4.78 is 0. The van der Waals surface area contributed by atoms with E-state index in [1.54, 1.807) is 18.7 Å². The number of primary amides is 1.